The van der Waals surface area contributed by atoms with Crippen molar-refractivity contribution in [3.05, 3.63) is 115 Å². The van der Waals surface area contributed by atoms with Gasteiger partial charge in [0.1, 0.15) is 18.2 Å². The number of halogens is 5. The lowest BCUT2D eigenvalue weighted by Crippen LogP contribution is -2.42. The molecule has 3 aromatic carbocycles. The first-order valence-corrected chi connectivity index (χ1v) is 15.1. The molecular formula is C35H32Cl2F3N3O2. The topological polar surface area (TPSA) is 79.4 Å². The second kappa shape index (κ2) is 11.8. The third kappa shape index (κ3) is 6.16. The number of anilines is 1. The zero-order valence-corrected chi connectivity index (χ0v) is 27.0. The van der Waals surface area contributed by atoms with Crippen LogP contribution in [0.1, 0.15) is 66.0 Å². The summed E-state index contributed by atoms with van der Waals surface area (Å²) in [6.07, 6.45) is -4.34. The highest BCUT2D eigenvalue weighted by molar-refractivity contribution is 6.31. The number of alkyl halides is 3. The Morgan fingerprint density at radius 3 is 2.31 bits per heavy atom. The first-order chi connectivity index (χ1) is 21.0. The van der Waals surface area contributed by atoms with Crippen LogP contribution in [0.25, 0.3) is 0 Å². The van der Waals surface area contributed by atoms with Gasteiger partial charge in [0.05, 0.1) is 28.8 Å². The van der Waals surface area contributed by atoms with Crippen molar-refractivity contribution in [2.75, 3.05) is 4.90 Å². The Balaban J connectivity index is 1.70. The number of hydrogen-bond donors (Lipinski definition) is 1. The number of rotatable bonds is 5. The number of nitriles is 1. The molecule has 0 amide bonds. The van der Waals surface area contributed by atoms with Gasteiger partial charge in [-0.15, -0.1) is 0 Å². The molecule has 1 atom stereocenters. The number of benzene rings is 3. The molecule has 0 radical (unpaired) electrons. The van der Waals surface area contributed by atoms with Crippen LogP contribution >= 0.6 is 23.2 Å². The summed E-state index contributed by atoms with van der Waals surface area (Å²) < 4.78 is 49.2. The lowest BCUT2D eigenvalue weighted by Gasteiger charge is -2.44. The van der Waals surface area contributed by atoms with Crippen molar-refractivity contribution in [3.8, 4) is 11.8 Å². The Kier molecular flexibility index (Phi) is 8.50. The van der Waals surface area contributed by atoms with Crippen molar-refractivity contribution in [2.45, 2.75) is 66.2 Å². The van der Waals surface area contributed by atoms with Crippen LogP contribution in [0.4, 0.5) is 18.9 Å². The van der Waals surface area contributed by atoms with Gasteiger partial charge in [0.2, 0.25) is 0 Å². The van der Waals surface area contributed by atoms with Gasteiger partial charge in [0, 0.05) is 27.7 Å². The van der Waals surface area contributed by atoms with E-state index in [1.807, 2.05) is 46.8 Å². The molecule has 0 aromatic heterocycles. The lowest BCUT2D eigenvalue weighted by molar-refractivity contribution is -0.137. The minimum absolute atomic E-state index is 0.00255. The maximum Gasteiger partial charge on any atom is 0.418 e. The molecule has 2 aliphatic rings. The number of Topliss-reactive ketones (excluding diaryl/α,β-unsaturated/α-hetero) is 1. The maximum atomic E-state index is 14.4. The van der Waals surface area contributed by atoms with Gasteiger partial charge in [-0.25, -0.2) is 0 Å². The molecule has 45 heavy (non-hydrogen) atoms. The van der Waals surface area contributed by atoms with Crippen molar-refractivity contribution < 1.29 is 22.7 Å². The van der Waals surface area contributed by atoms with Crippen LogP contribution in [0.3, 0.4) is 0 Å². The number of carbonyl (C=O) groups excluding carboxylic acids is 1. The number of aryl methyl sites for hydroxylation is 3. The van der Waals surface area contributed by atoms with Crippen molar-refractivity contribution in [2.24, 2.45) is 11.1 Å². The number of hydrogen-bond acceptors (Lipinski definition) is 5. The third-order valence-corrected chi connectivity index (χ3v) is 8.91. The molecule has 0 spiro atoms. The molecule has 1 aliphatic carbocycles. The molecule has 5 nitrogen and oxygen atoms in total. The monoisotopic (exact) mass is 653 g/mol. The van der Waals surface area contributed by atoms with Crippen LogP contribution in [0.2, 0.25) is 10.0 Å². The summed E-state index contributed by atoms with van der Waals surface area (Å²) in [6.45, 7) is 9.70. The van der Waals surface area contributed by atoms with Crippen LogP contribution in [-0.2, 0) is 17.6 Å². The largest absolute Gasteiger partial charge is 0.489 e. The van der Waals surface area contributed by atoms with Crippen LogP contribution in [0.5, 0.6) is 5.75 Å². The highest BCUT2D eigenvalue weighted by atomic mass is 35.5. The molecular weight excluding hydrogens is 622 g/mol. The van der Waals surface area contributed by atoms with E-state index in [4.69, 9.17) is 33.7 Å². The van der Waals surface area contributed by atoms with E-state index in [9.17, 15) is 23.2 Å². The maximum absolute atomic E-state index is 14.4. The molecule has 0 bridgehead atoms. The van der Waals surface area contributed by atoms with E-state index >= 15 is 0 Å². The average molecular weight is 655 g/mol. The zero-order chi connectivity index (χ0) is 33.0. The summed E-state index contributed by atoms with van der Waals surface area (Å²) in [4.78, 5) is 15.2. The predicted octanol–water partition coefficient (Wildman–Crippen LogP) is 9.46. The van der Waals surface area contributed by atoms with Gasteiger partial charge >= 0.3 is 6.18 Å². The minimum Gasteiger partial charge on any atom is -0.489 e. The SMILES string of the molecule is Cc1cc(C)c(C2C(C#N)=C(N)N(c3ccc(Cl)cc3C(F)(F)F)C3=C2C(=O)CC(C)(C)C3)cc1COc1ccc(Cl)cc1C. The van der Waals surface area contributed by atoms with Crippen LogP contribution in [-0.4, -0.2) is 5.78 Å². The summed E-state index contributed by atoms with van der Waals surface area (Å²) in [6, 6.07) is 14.8. The minimum atomic E-state index is -4.77. The molecule has 1 heterocycles. The fraction of sp³-hybridized carbons (Fsp3) is 0.314. The highest BCUT2D eigenvalue weighted by Gasteiger charge is 2.47. The molecule has 3 aromatic rings. The summed E-state index contributed by atoms with van der Waals surface area (Å²) >= 11 is 12.1. The Morgan fingerprint density at radius 1 is 1.00 bits per heavy atom. The van der Waals surface area contributed by atoms with Gasteiger partial charge in [-0.2, -0.15) is 18.4 Å². The number of allylic oxidation sites excluding steroid dienone is 3. The van der Waals surface area contributed by atoms with E-state index in [-0.39, 0.29) is 52.9 Å². The fourth-order valence-corrected chi connectivity index (χ4v) is 6.74. The Morgan fingerprint density at radius 2 is 1.67 bits per heavy atom. The smallest absolute Gasteiger partial charge is 0.418 e. The second-order valence-electron chi connectivity index (χ2n) is 12.5. The van der Waals surface area contributed by atoms with Crippen LogP contribution in [0, 0.1) is 37.5 Å². The Hall–Kier alpha value is -3.93. The van der Waals surface area contributed by atoms with Gasteiger partial charge in [-0.05, 0) is 96.8 Å². The molecule has 0 fully saturated rings. The molecule has 10 heteroatoms. The molecule has 5 rings (SSSR count). The fourth-order valence-electron chi connectivity index (χ4n) is 6.34. The van der Waals surface area contributed by atoms with Gasteiger partial charge in [-0.3, -0.25) is 9.69 Å². The van der Waals surface area contributed by atoms with E-state index in [1.165, 1.54) is 17.0 Å². The number of carbonyl (C=O) groups is 1. The molecule has 2 N–H and O–H groups in total. The first kappa shape index (κ1) is 32.5. The van der Waals surface area contributed by atoms with E-state index < -0.39 is 23.1 Å². The van der Waals surface area contributed by atoms with Gasteiger partial charge < -0.3 is 10.5 Å². The summed E-state index contributed by atoms with van der Waals surface area (Å²) in [7, 11) is 0. The van der Waals surface area contributed by atoms with Crippen molar-refractivity contribution in [1.82, 2.24) is 0 Å². The zero-order valence-electron chi connectivity index (χ0n) is 25.5. The van der Waals surface area contributed by atoms with E-state index in [0.717, 1.165) is 28.3 Å². The quantitative estimate of drug-likeness (QED) is 0.297. The van der Waals surface area contributed by atoms with Crippen molar-refractivity contribution in [1.29, 1.82) is 5.26 Å². The molecule has 1 aliphatic heterocycles. The van der Waals surface area contributed by atoms with E-state index in [0.29, 0.717) is 22.0 Å². The highest BCUT2D eigenvalue weighted by Crippen LogP contribution is 2.52. The van der Waals surface area contributed by atoms with Crippen molar-refractivity contribution in [3.63, 3.8) is 0 Å². The third-order valence-electron chi connectivity index (χ3n) is 8.44. The standard InChI is InChI=1S/C35H32Cl2F3N3O2/c1-18-10-19(2)24(12-21(18)17-45-30-9-7-22(36)11-20(30)3)31-25(16-41)33(42)43(28-14-34(4,5)15-29(44)32(28)31)27-8-6-23(37)13-26(27)35(38,39)40/h6-13,31H,14-15,17,42H2,1-5H3. The summed E-state index contributed by atoms with van der Waals surface area (Å²) in [5, 5.41) is 11.0. The normalized spacial score (nSPS) is 18.2. The molecule has 234 valence electrons. The second-order valence-corrected chi connectivity index (χ2v) is 13.3. The number of ether oxygens (including phenoxy) is 1. The van der Waals surface area contributed by atoms with Gasteiger partial charge in [-0.1, -0.05) is 49.2 Å². The van der Waals surface area contributed by atoms with Crippen molar-refractivity contribution >= 4 is 34.7 Å². The van der Waals surface area contributed by atoms with Gasteiger partial charge in [0.15, 0.2) is 5.78 Å². The molecule has 0 saturated carbocycles. The predicted molar refractivity (Wildman–Crippen MR) is 170 cm³/mol. The van der Waals surface area contributed by atoms with E-state index in [2.05, 4.69) is 6.07 Å². The summed E-state index contributed by atoms with van der Waals surface area (Å²) in [5.74, 6) is -0.611. The van der Waals surface area contributed by atoms with E-state index in [1.54, 1.807) is 18.2 Å². The Labute approximate surface area is 270 Å². The lowest BCUT2D eigenvalue weighted by atomic mass is 9.68. The number of nitrogens with two attached hydrogens (primary N) is 1. The van der Waals surface area contributed by atoms with Crippen LogP contribution < -0.4 is 15.4 Å². The summed E-state index contributed by atoms with van der Waals surface area (Å²) in [5.41, 5.74) is 9.53. The van der Waals surface area contributed by atoms with Gasteiger partial charge in [0.25, 0.3) is 0 Å². The Bertz CT molecular complexity index is 1840. The average Bonchev–Trinajstić information content (AvgIpc) is 2.92. The van der Waals surface area contributed by atoms with Crippen LogP contribution in [0.15, 0.2) is 71.2 Å². The number of ketones is 1. The first-order valence-electron chi connectivity index (χ1n) is 14.3. The molecule has 1 unspecified atom stereocenters. The molecule has 0 saturated heterocycles. The number of nitrogens with zero attached hydrogens (tertiary/aromatic N) is 2.